The predicted molar refractivity (Wildman–Crippen MR) is 70.7 cm³/mol. The van der Waals surface area contributed by atoms with Gasteiger partial charge in [-0.25, -0.2) is 0 Å². The monoisotopic (exact) mass is 243 g/mol. The van der Waals surface area contributed by atoms with Crippen LogP contribution in [0.1, 0.15) is 49.7 Å². The van der Waals surface area contributed by atoms with E-state index in [9.17, 15) is 10.1 Å². The molecule has 3 unspecified atom stereocenters. The van der Waals surface area contributed by atoms with Gasteiger partial charge in [0.05, 0.1) is 4.92 Å². The molecule has 0 fully saturated rings. The summed E-state index contributed by atoms with van der Waals surface area (Å²) in [6, 6.07) is 5.51. The molecule has 3 atom stereocenters. The van der Waals surface area contributed by atoms with Crippen LogP contribution in [0.3, 0.4) is 0 Å². The van der Waals surface area contributed by atoms with Gasteiger partial charge in [0.15, 0.2) is 0 Å². The lowest BCUT2D eigenvalue weighted by Gasteiger charge is -2.21. The molecule has 3 nitrogen and oxygen atoms in total. The third kappa shape index (κ3) is 1.43. The summed E-state index contributed by atoms with van der Waals surface area (Å²) in [5.41, 5.74) is 3.91. The highest BCUT2D eigenvalue weighted by Crippen LogP contribution is 2.56. The van der Waals surface area contributed by atoms with Gasteiger partial charge in [-0.05, 0) is 24.3 Å². The number of nitro groups is 1. The van der Waals surface area contributed by atoms with Gasteiger partial charge in [0, 0.05) is 23.5 Å². The average molecular weight is 243 g/mol. The van der Waals surface area contributed by atoms with E-state index < -0.39 is 0 Å². The van der Waals surface area contributed by atoms with E-state index in [1.54, 1.807) is 6.07 Å². The van der Waals surface area contributed by atoms with Gasteiger partial charge in [0.2, 0.25) is 0 Å². The van der Waals surface area contributed by atoms with Gasteiger partial charge in [-0.3, -0.25) is 10.1 Å². The molecule has 0 heterocycles. The first-order valence-electron chi connectivity index (χ1n) is 6.62. The normalized spacial score (nSPS) is 25.8. The van der Waals surface area contributed by atoms with Crippen LogP contribution in [0.15, 0.2) is 29.8 Å². The zero-order chi connectivity index (χ0) is 12.9. The van der Waals surface area contributed by atoms with Gasteiger partial charge in [-0.15, -0.1) is 0 Å². The molecule has 94 valence electrons. The van der Waals surface area contributed by atoms with Gasteiger partial charge >= 0.3 is 0 Å². The molecule has 18 heavy (non-hydrogen) atoms. The van der Waals surface area contributed by atoms with Crippen LogP contribution >= 0.6 is 0 Å². The fourth-order valence-electron chi connectivity index (χ4n) is 3.48. The first kappa shape index (κ1) is 11.5. The summed E-state index contributed by atoms with van der Waals surface area (Å²) in [6.45, 7) is 4.40. The number of nitrogens with zero attached hydrogens (tertiary/aromatic N) is 1. The Labute approximate surface area is 107 Å². The molecule has 3 rings (SSSR count). The Morgan fingerprint density at radius 1 is 1.50 bits per heavy atom. The summed E-state index contributed by atoms with van der Waals surface area (Å²) in [6.07, 6.45) is 4.50. The van der Waals surface area contributed by atoms with Crippen molar-refractivity contribution in [3.8, 4) is 0 Å². The number of rotatable bonds is 3. The number of hydrogen-bond donors (Lipinski definition) is 0. The quantitative estimate of drug-likeness (QED) is 0.454. The van der Waals surface area contributed by atoms with E-state index >= 15 is 0 Å². The van der Waals surface area contributed by atoms with E-state index in [4.69, 9.17) is 0 Å². The van der Waals surface area contributed by atoms with Crippen LogP contribution in [0.2, 0.25) is 0 Å². The number of nitro benzene ring substituents is 1. The molecule has 2 bridgehead atoms. The lowest BCUT2D eigenvalue weighted by Crippen LogP contribution is -2.09. The van der Waals surface area contributed by atoms with Crippen molar-refractivity contribution < 1.29 is 4.92 Å². The van der Waals surface area contributed by atoms with Crippen LogP contribution < -0.4 is 0 Å². The summed E-state index contributed by atoms with van der Waals surface area (Å²) >= 11 is 0. The second-order valence-electron chi connectivity index (χ2n) is 5.41. The minimum Gasteiger partial charge on any atom is -0.258 e. The fourth-order valence-corrected chi connectivity index (χ4v) is 3.48. The number of allylic oxidation sites excluding steroid dienone is 2. The van der Waals surface area contributed by atoms with Crippen LogP contribution in [0.4, 0.5) is 5.69 Å². The van der Waals surface area contributed by atoms with E-state index in [0.29, 0.717) is 23.4 Å². The number of benzene rings is 1. The van der Waals surface area contributed by atoms with Crippen molar-refractivity contribution in [3.63, 3.8) is 0 Å². The molecule has 3 heteroatoms. The molecule has 0 radical (unpaired) electrons. The van der Waals surface area contributed by atoms with Crippen molar-refractivity contribution in [3.05, 3.63) is 51.1 Å². The molecule has 0 amide bonds. The highest BCUT2D eigenvalue weighted by Gasteiger charge is 2.42. The Morgan fingerprint density at radius 3 is 2.94 bits per heavy atom. The predicted octanol–water partition coefficient (Wildman–Crippen LogP) is 4.15. The standard InChI is InChI=1S/C15H17NO2/c1-3-9(2)12-7-10-8-13(12)15-11(10)5-4-6-14(15)16(17)18/h4-7,9-10,13H,3,8H2,1-2H3. The Balaban J connectivity index is 2.09. The van der Waals surface area contributed by atoms with Crippen molar-refractivity contribution in [2.24, 2.45) is 5.92 Å². The summed E-state index contributed by atoms with van der Waals surface area (Å²) in [4.78, 5) is 10.9. The Morgan fingerprint density at radius 2 is 2.28 bits per heavy atom. The molecular weight excluding hydrogens is 226 g/mol. The maximum atomic E-state index is 11.2. The molecule has 0 N–H and O–H groups in total. The molecule has 0 saturated carbocycles. The average Bonchev–Trinajstić information content (AvgIpc) is 2.95. The summed E-state index contributed by atoms with van der Waals surface area (Å²) < 4.78 is 0. The number of hydrogen-bond acceptors (Lipinski definition) is 2. The highest BCUT2D eigenvalue weighted by molar-refractivity contribution is 5.60. The second kappa shape index (κ2) is 3.94. The Kier molecular flexibility index (Phi) is 2.51. The molecular formula is C15H17NO2. The molecule has 0 aromatic heterocycles. The van der Waals surface area contributed by atoms with E-state index in [1.165, 1.54) is 11.1 Å². The number of fused-ring (bicyclic) bond motifs is 5. The third-order valence-corrected chi connectivity index (χ3v) is 4.53. The maximum Gasteiger partial charge on any atom is 0.273 e. The van der Waals surface area contributed by atoms with Crippen molar-refractivity contribution in [2.45, 2.75) is 38.5 Å². The summed E-state index contributed by atoms with van der Waals surface area (Å²) in [7, 11) is 0. The van der Waals surface area contributed by atoms with Gasteiger partial charge in [0.1, 0.15) is 0 Å². The molecule has 0 spiro atoms. The Hall–Kier alpha value is -1.64. The first-order chi connectivity index (χ1) is 8.63. The molecule has 0 aliphatic heterocycles. The van der Waals surface area contributed by atoms with E-state index in [2.05, 4.69) is 26.0 Å². The van der Waals surface area contributed by atoms with Crippen LogP contribution in [0.25, 0.3) is 0 Å². The van der Waals surface area contributed by atoms with E-state index in [-0.39, 0.29) is 4.92 Å². The second-order valence-corrected chi connectivity index (χ2v) is 5.41. The van der Waals surface area contributed by atoms with E-state index in [0.717, 1.165) is 18.4 Å². The summed E-state index contributed by atoms with van der Waals surface area (Å²) in [5.74, 6) is 1.24. The van der Waals surface area contributed by atoms with Crippen molar-refractivity contribution in [1.29, 1.82) is 0 Å². The molecule has 2 aliphatic rings. The van der Waals surface area contributed by atoms with Crippen molar-refractivity contribution >= 4 is 5.69 Å². The van der Waals surface area contributed by atoms with Crippen LogP contribution in [-0.4, -0.2) is 4.92 Å². The first-order valence-corrected chi connectivity index (χ1v) is 6.62. The zero-order valence-corrected chi connectivity index (χ0v) is 10.7. The van der Waals surface area contributed by atoms with Gasteiger partial charge < -0.3 is 0 Å². The summed E-state index contributed by atoms with van der Waals surface area (Å²) in [5, 5.41) is 11.2. The highest BCUT2D eigenvalue weighted by atomic mass is 16.6. The van der Waals surface area contributed by atoms with Gasteiger partial charge in [-0.2, -0.15) is 0 Å². The van der Waals surface area contributed by atoms with E-state index in [1.807, 2.05) is 6.07 Å². The molecule has 2 aliphatic carbocycles. The van der Waals surface area contributed by atoms with Crippen molar-refractivity contribution in [2.75, 3.05) is 0 Å². The minimum absolute atomic E-state index is 0.228. The molecule has 1 aromatic carbocycles. The fraction of sp³-hybridized carbons (Fsp3) is 0.467. The van der Waals surface area contributed by atoms with Gasteiger partial charge in [0.25, 0.3) is 5.69 Å². The van der Waals surface area contributed by atoms with Crippen LogP contribution in [-0.2, 0) is 0 Å². The largest absolute Gasteiger partial charge is 0.273 e. The maximum absolute atomic E-state index is 11.2. The Bertz CT molecular complexity index is 547. The zero-order valence-electron chi connectivity index (χ0n) is 10.7. The smallest absolute Gasteiger partial charge is 0.258 e. The third-order valence-electron chi connectivity index (χ3n) is 4.53. The lowest BCUT2D eigenvalue weighted by molar-refractivity contribution is -0.385. The van der Waals surface area contributed by atoms with Gasteiger partial charge in [-0.1, -0.05) is 37.6 Å². The molecule has 0 saturated heterocycles. The van der Waals surface area contributed by atoms with Crippen LogP contribution in [0.5, 0.6) is 0 Å². The molecule has 1 aromatic rings. The van der Waals surface area contributed by atoms with Crippen molar-refractivity contribution in [1.82, 2.24) is 0 Å². The lowest BCUT2D eigenvalue weighted by atomic mass is 9.83. The SMILES string of the molecule is CCC(C)C1=CC2CC1c1c2cccc1[N+](=O)[O-]. The topological polar surface area (TPSA) is 43.1 Å². The van der Waals surface area contributed by atoms with Crippen LogP contribution in [0, 0.1) is 16.0 Å². The minimum atomic E-state index is -0.228.